The number of carbonyl (C=O) groups excluding carboxylic acids is 1. The topological polar surface area (TPSA) is 68.7 Å². The van der Waals surface area contributed by atoms with Crippen LogP contribution in [0.5, 0.6) is 0 Å². The number of piperazine rings is 1. The molecule has 1 fully saturated rings. The van der Waals surface area contributed by atoms with Gasteiger partial charge < -0.3 is 10.4 Å². The summed E-state index contributed by atoms with van der Waals surface area (Å²) >= 11 is 0. The van der Waals surface area contributed by atoms with Crippen molar-refractivity contribution >= 4 is 5.78 Å². The average Bonchev–Trinajstić information content (AvgIpc) is 2.75. The Labute approximate surface area is 186 Å². The molecule has 0 aliphatic carbocycles. The molecule has 0 spiro atoms. The molecule has 6 nitrogen and oxygen atoms in total. The highest BCUT2D eigenvalue weighted by Crippen LogP contribution is 2.15. The number of pyridine rings is 1. The number of Topliss-reactive ketones (excluding diaryl/α,β-unsaturated/α-hetero) is 1. The lowest BCUT2D eigenvalue weighted by Crippen LogP contribution is -2.53. The minimum absolute atomic E-state index is 0.0727. The molecule has 2 aromatic rings. The van der Waals surface area contributed by atoms with E-state index in [0.29, 0.717) is 25.6 Å². The smallest absolute Gasteiger partial charge is 0.143 e. The zero-order chi connectivity index (χ0) is 22.1. The van der Waals surface area contributed by atoms with Gasteiger partial charge in [0, 0.05) is 57.2 Å². The van der Waals surface area contributed by atoms with Gasteiger partial charge in [-0.1, -0.05) is 36.4 Å². The molecule has 6 heteroatoms. The van der Waals surface area contributed by atoms with Crippen LogP contribution in [-0.4, -0.2) is 76.6 Å². The summed E-state index contributed by atoms with van der Waals surface area (Å²) in [7, 11) is 0. The minimum Gasteiger partial charge on any atom is -0.392 e. The van der Waals surface area contributed by atoms with E-state index in [9.17, 15) is 9.90 Å². The first kappa shape index (κ1) is 23.5. The van der Waals surface area contributed by atoms with Gasteiger partial charge in [-0.15, -0.1) is 0 Å². The summed E-state index contributed by atoms with van der Waals surface area (Å²) in [5, 5.41) is 14.2. The fourth-order valence-corrected chi connectivity index (χ4v) is 4.33. The zero-order valence-corrected chi connectivity index (χ0v) is 18.8. The number of carbonyl (C=O) groups is 1. The number of hydrogen-bond donors (Lipinski definition) is 2. The van der Waals surface area contributed by atoms with Gasteiger partial charge >= 0.3 is 0 Å². The minimum atomic E-state index is -0.430. The van der Waals surface area contributed by atoms with Crippen molar-refractivity contribution in [1.29, 1.82) is 0 Å². The SMILES string of the molecule is CC(=O)CNC(Cc1ccccc1)CC(O)CN1CCN(Cc2cccnc2)C[C@H]1C. The zero-order valence-electron chi connectivity index (χ0n) is 18.8. The van der Waals surface area contributed by atoms with Gasteiger partial charge in [0.05, 0.1) is 12.6 Å². The lowest BCUT2D eigenvalue weighted by molar-refractivity contribution is -0.116. The summed E-state index contributed by atoms with van der Waals surface area (Å²) in [6.45, 7) is 8.67. The molecular weight excluding hydrogens is 388 g/mol. The Kier molecular flexibility index (Phi) is 9.15. The van der Waals surface area contributed by atoms with E-state index in [2.05, 4.69) is 45.2 Å². The van der Waals surface area contributed by atoms with Crippen molar-refractivity contribution in [3.63, 3.8) is 0 Å². The Morgan fingerprint density at radius 1 is 1.19 bits per heavy atom. The number of benzene rings is 1. The molecule has 2 heterocycles. The maximum Gasteiger partial charge on any atom is 0.143 e. The summed E-state index contributed by atoms with van der Waals surface area (Å²) in [6, 6.07) is 14.8. The fourth-order valence-electron chi connectivity index (χ4n) is 4.33. The molecular formula is C25H36N4O2. The first-order valence-corrected chi connectivity index (χ1v) is 11.3. The van der Waals surface area contributed by atoms with Crippen molar-refractivity contribution in [3.8, 4) is 0 Å². The number of nitrogens with one attached hydrogen (secondary N) is 1. The van der Waals surface area contributed by atoms with E-state index in [1.54, 1.807) is 6.92 Å². The molecule has 3 rings (SSSR count). The van der Waals surface area contributed by atoms with Crippen molar-refractivity contribution in [3.05, 3.63) is 66.0 Å². The van der Waals surface area contributed by atoms with E-state index in [0.717, 1.165) is 32.6 Å². The Balaban J connectivity index is 1.49. The fraction of sp³-hybridized carbons (Fsp3) is 0.520. The molecule has 3 atom stereocenters. The van der Waals surface area contributed by atoms with E-state index < -0.39 is 6.10 Å². The molecule has 0 amide bonds. The molecule has 2 N–H and O–H groups in total. The Morgan fingerprint density at radius 3 is 2.65 bits per heavy atom. The van der Waals surface area contributed by atoms with Crippen LogP contribution < -0.4 is 5.32 Å². The second kappa shape index (κ2) is 12.1. The molecule has 0 bridgehead atoms. The number of ketones is 1. The van der Waals surface area contributed by atoms with Crippen LogP contribution in [0.1, 0.15) is 31.4 Å². The second-order valence-corrected chi connectivity index (χ2v) is 8.80. The highest BCUT2D eigenvalue weighted by atomic mass is 16.3. The molecule has 1 aliphatic heterocycles. The second-order valence-electron chi connectivity index (χ2n) is 8.80. The summed E-state index contributed by atoms with van der Waals surface area (Å²) < 4.78 is 0. The Hall–Kier alpha value is -2.12. The van der Waals surface area contributed by atoms with Crippen LogP contribution in [0.25, 0.3) is 0 Å². The molecule has 1 saturated heterocycles. The van der Waals surface area contributed by atoms with Crippen LogP contribution in [0.2, 0.25) is 0 Å². The number of rotatable bonds is 11. The molecule has 1 aliphatic rings. The van der Waals surface area contributed by atoms with Gasteiger partial charge in [0.15, 0.2) is 0 Å². The van der Waals surface area contributed by atoms with Crippen LogP contribution in [0.4, 0.5) is 0 Å². The molecule has 0 saturated carbocycles. The molecule has 2 unspecified atom stereocenters. The number of nitrogens with zero attached hydrogens (tertiary/aromatic N) is 3. The number of hydrogen-bond acceptors (Lipinski definition) is 6. The summed E-state index contributed by atoms with van der Waals surface area (Å²) in [6.07, 6.45) is 4.74. The van der Waals surface area contributed by atoms with E-state index >= 15 is 0 Å². The summed E-state index contributed by atoms with van der Waals surface area (Å²) in [5.74, 6) is 0.117. The van der Waals surface area contributed by atoms with Gasteiger partial charge in [-0.05, 0) is 43.9 Å². The van der Waals surface area contributed by atoms with E-state index in [1.807, 2.05) is 36.7 Å². The van der Waals surface area contributed by atoms with E-state index in [1.165, 1.54) is 11.1 Å². The van der Waals surface area contributed by atoms with Crippen LogP contribution in [-0.2, 0) is 17.8 Å². The highest BCUT2D eigenvalue weighted by Gasteiger charge is 2.26. The highest BCUT2D eigenvalue weighted by molar-refractivity contribution is 5.77. The first-order valence-electron chi connectivity index (χ1n) is 11.3. The van der Waals surface area contributed by atoms with Gasteiger partial charge in [0.1, 0.15) is 5.78 Å². The van der Waals surface area contributed by atoms with Gasteiger partial charge in [0.2, 0.25) is 0 Å². The molecule has 31 heavy (non-hydrogen) atoms. The number of aliphatic hydroxyl groups excluding tert-OH is 1. The van der Waals surface area contributed by atoms with Crippen LogP contribution in [0.3, 0.4) is 0 Å². The van der Waals surface area contributed by atoms with Crippen molar-refractivity contribution in [2.24, 2.45) is 0 Å². The van der Waals surface area contributed by atoms with Crippen LogP contribution in [0.15, 0.2) is 54.9 Å². The van der Waals surface area contributed by atoms with E-state index in [4.69, 9.17) is 0 Å². The summed E-state index contributed by atoms with van der Waals surface area (Å²) in [4.78, 5) is 20.5. The first-order chi connectivity index (χ1) is 15.0. The third kappa shape index (κ3) is 8.15. The summed E-state index contributed by atoms with van der Waals surface area (Å²) in [5.41, 5.74) is 2.46. The van der Waals surface area contributed by atoms with Crippen molar-refractivity contribution in [2.45, 2.75) is 51.4 Å². The maximum atomic E-state index is 11.5. The number of aromatic nitrogens is 1. The third-order valence-corrected chi connectivity index (χ3v) is 5.94. The molecule has 1 aromatic carbocycles. The lowest BCUT2D eigenvalue weighted by atomic mass is 9.99. The maximum absolute atomic E-state index is 11.5. The number of aliphatic hydroxyl groups is 1. The van der Waals surface area contributed by atoms with Gasteiger partial charge in [-0.3, -0.25) is 19.6 Å². The van der Waals surface area contributed by atoms with Gasteiger partial charge in [-0.2, -0.15) is 0 Å². The van der Waals surface area contributed by atoms with E-state index in [-0.39, 0.29) is 11.8 Å². The van der Waals surface area contributed by atoms with Crippen LogP contribution >= 0.6 is 0 Å². The standard InChI is InChI=1S/C25H36N4O2/c1-20-17-28(18-23-9-6-10-26-16-23)11-12-29(20)19-25(31)14-24(27-15-21(2)30)13-22-7-4-3-5-8-22/h3-10,16,20,24-25,27,31H,11-15,17-19H2,1-2H3/t20-,24?,25?/m1/s1. The third-order valence-electron chi connectivity index (χ3n) is 5.94. The van der Waals surface area contributed by atoms with Crippen molar-refractivity contribution < 1.29 is 9.90 Å². The van der Waals surface area contributed by atoms with Crippen molar-refractivity contribution in [2.75, 3.05) is 32.7 Å². The van der Waals surface area contributed by atoms with Crippen molar-refractivity contribution in [1.82, 2.24) is 20.1 Å². The predicted octanol–water partition coefficient (Wildman–Crippen LogP) is 2.13. The number of β-amino-alcohol motifs (C(OH)–C–C–N with tert-alkyl or cyclic N) is 1. The Bertz CT molecular complexity index is 787. The van der Waals surface area contributed by atoms with Crippen LogP contribution in [0, 0.1) is 0 Å². The molecule has 0 radical (unpaired) electrons. The lowest BCUT2D eigenvalue weighted by Gasteiger charge is -2.41. The average molecular weight is 425 g/mol. The predicted molar refractivity (Wildman–Crippen MR) is 124 cm³/mol. The Morgan fingerprint density at radius 2 is 1.97 bits per heavy atom. The largest absolute Gasteiger partial charge is 0.392 e. The quantitative estimate of drug-likeness (QED) is 0.576. The van der Waals surface area contributed by atoms with Gasteiger partial charge in [0.25, 0.3) is 0 Å². The normalized spacial score (nSPS) is 19.8. The molecule has 1 aromatic heterocycles. The van der Waals surface area contributed by atoms with Gasteiger partial charge in [-0.25, -0.2) is 0 Å². The monoisotopic (exact) mass is 424 g/mol. The molecule has 168 valence electrons.